The number of carbonyl (C=O) groups is 3. The third-order valence-corrected chi connectivity index (χ3v) is 4.98. The first-order valence-electron chi connectivity index (χ1n) is 9.75. The molecule has 32 heavy (non-hydrogen) atoms. The average Bonchev–Trinajstić information content (AvgIpc) is 3.41. The molecule has 0 spiro atoms. The molecule has 2 amide bonds. The van der Waals surface area contributed by atoms with Crippen LogP contribution in [0, 0.1) is 0 Å². The summed E-state index contributed by atoms with van der Waals surface area (Å²) >= 11 is 0. The molecule has 1 aliphatic rings. The van der Waals surface area contributed by atoms with E-state index in [1.54, 1.807) is 24.3 Å². The molecule has 0 aliphatic carbocycles. The predicted molar refractivity (Wildman–Crippen MR) is 113 cm³/mol. The molecule has 8 heteroatoms. The summed E-state index contributed by atoms with van der Waals surface area (Å²) in [7, 11) is 0. The maximum Gasteiger partial charge on any atom is 0.338 e. The second-order valence-corrected chi connectivity index (χ2v) is 6.99. The van der Waals surface area contributed by atoms with Gasteiger partial charge in [0.2, 0.25) is 5.82 Å². The van der Waals surface area contributed by atoms with Gasteiger partial charge in [-0.3, -0.25) is 9.59 Å². The molecule has 3 aromatic carbocycles. The molecule has 0 radical (unpaired) electrons. The number of ether oxygens (including phenoxy) is 1. The lowest BCUT2D eigenvalue weighted by Crippen LogP contribution is -2.29. The highest BCUT2D eigenvalue weighted by molar-refractivity contribution is 6.34. The lowest BCUT2D eigenvalue weighted by atomic mass is 10.1. The van der Waals surface area contributed by atoms with E-state index in [4.69, 9.17) is 9.26 Å². The van der Waals surface area contributed by atoms with Crippen LogP contribution in [0.3, 0.4) is 0 Å². The fourth-order valence-electron chi connectivity index (χ4n) is 3.40. The van der Waals surface area contributed by atoms with Gasteiger partial charge in [-0.1, -0.05) is 47.6 Å². The lowest BCUT2D eigenvalue weighted by molar-refractivity contribution is 0.0429. The van der Waals surface area contributed by atoms with E-state index in [1.165, 1.54) is 24.3 Å². The molecule has 5 rings (SSSR count). The van der Waals surface area contributed by atoms with Gasteiger partial charge in [-0.25, -0.2) is 9.69 Å². The smallest absolute Gasteiger partial charge is 0.338 e. The van der Waals surface area contributed by atoms with Crippen molar-refractivity contribution in [1.82, 2.24) is 10.1 Å². The Balaban J connectivity index is 1.25. The number of anilines is 1. The third kappa shape index (κ3) is 3.43. The second kappa shape index (κ2) is 7.92. The molecule has 0 saturated carbocycles. The molecule has 2 heterocycles. The normalized spacial score (nSPS) is 12.7. The van der Waals surface area contributed by atoms with Crippen LogP contribution >= 0.6 is 0 Å². The molecule has 0 unspecified atom stereocenters. The van der Waals surface area contributed by atoms with Crippen LogP contribution in [0.1, 0.15) is 37.0 Å². The predicted octanol–water partition coefficient (Wildman–Crippen LogP) is 3.89. The maximum absolute atomic E-state index is 12.6. The van der Waals surface area contributed by atoms with E-state index in [1.807, 2.05) is 30.3 Å². The van der Waals surface area contributed by atoms with Crippen molar-refractivity contribution < 1.29 is 23.6 Å². The monoisotopic (exact) mass is 425 g/mol. The summed E-state index contributed by atoms with van der Waals surface area (Å²) in [5, 5.41) is 3.88. The number of imide groups is 1. The van der Waals surface area contributed by atoms with E-state index in [-0.39, 0.29) is 18.1 Å². The van der Waals surface area contributed by atoms with Gasteiger partial charge >= 0.3 is 5.97 Å². The summed E-state index contributed by atoms with van der Waals surface area (Å²) in [6, 6.07) is 22.0. The fraction of sp³-hybridized carbons (Fsp3) is 0.0417. The number of esters is 1. The number of carbonyl (C=O) groups excluding carboxylic acids is 3. The van der Waals surface area contributed by atoms with Crippen molar-refractivity contribution >= 4 is 23.5 Å². The molecule has 156 valence electrons. The quantitative estimate of drug-likeness (QED) is 0.353. The highest BCUT2D eigenvalue weighted by Crippen LogP contribution is 2.28. The third-order valence-electron chi connectivity index (χ3n) is 4.98. The van der Waals surface area contributed by atoms with Gasteiger partial charge < -0.3 is 9.26 Å². The van der Waals surface area contributed by atoms with E-state index in [2.05, 4.69) is 10.1 Å². The Bertz CT molecular complexity index is 1290. The summed E-state index contributed by atoms with van der Waals surface area (Å²) < 4.78 is 10.4. The first-order chi connectivity index (χ1) is 15.6. The standard InChI is InChI=1S/C24H15N3O5/c28-22-18-8-4-5-9-19(18)23(29)27(22)17-12-10-16(11-13-17)24(30)31-14-20-25-21(26-32-20)15-6-2-1-3-7-15/h1-13H,14H2. The largest absolute Gasteiger partial charge is 0.452 e. The van der Waals surface area contributed by atoms with Gasteiger partial charge in [0.05, 0.1) is 22.4 Å². The van der Waals surface area contributed by atoms with Crippen LogP contribution in [-0.4, -0.2) is 27.9 Å². The summed E-state index contributed by atoms with van der Waals surface area (Å²) in [6.45, 7) is -0.182. The number of amides is 2. The second-order valence-electron chi connectivity index (χ2n) is 6.99. The van der Waals surface area contributed by atoms with Crippen molar-refractivity contribution in [2.75, 3.05) is 4.90 Å². The van der Waals surface area contributed by atoms with E-state index in [0.717, 1.165) is 10.5 Å². The van der Waals surface area contributed by atoms with Crippen LogP contribution in [0.2, 0.25) is 0 Å². The van der Waals surface area contributed by atoms with E-state index in [9.17, 15) is 14.4 Å². The summed E-state index contributed by atoms with van der Waals surface area (Å²) in [4.78, 5) is 42.8. The van der Waals surface area contributed by atoms with Crippen molar-refractivity contribution in [3.8, 4) is 11.4 Å². The van der Waals surface area contributed by atoms with Crippen molar-refractivity contribution in [2.24, 2.45) is 0 Å². The van der Waals surface area contributed by atoms with Crippen molar-refractivity contribution in [3.05, 3.63) is 101 Å². The first-order valence-corrected chi connectivity index (χ1v) is 9.75. The zero-order valence-corrected chi connectivity index (χ0v) is 16.6. The Kier molecular flexibility index (Phi) is 4.79. The Morgan fingerprint density at radius 1 is 0.844 bits per heavy atom. The number of benzene rings is 3. The number of hydrogen-bond donors (Lipinski definition) is 0. The van der Waals surface area contributed by atoms with E-state index >= 15 is 0 Å². The molecular weight excluding hydrogens is 410 g/mol. The minimum absolute atomic E-state index is 0.167. The molecule has 1 aliphatic heterocycles. The number of aromatic nitrogens is 2. The van der Waals surface area contributed by atoms with Gasteiger partial charge in [0.15, 0.2) is 6.61 Å². The number of rotatable bonds is 5. The zero-order chi connectivity index (χ0) is 22.1. The molecule has 0 bridgehead atoms. The van der Waals surface area contributed by atoms with Crippen LogP contribution in [0.5, 0.6) is 0 Å². The molecule has 8 nitrogen and oxygen atoms in total. The summed E-state index contributed by atoms with van der Waals surface area (Å²) in [6.07, 6.45) is 0. The first kappa shape index (κ1) is 19.4. The van der Waals surface area contributed by atoms with Crippen LogP contribution in [0.4, 0.5) is 5.69 Å². The number of fused-ring (bicyclic) bond motifs is 1. The van der Waals surface area contributed by atoms with Crippen molar-refractivity contribution in [1.29, 1.82) is 0 Å². The summed E-state index contributed by atoms with van der Waals surface area (Å²) in [5.74, 6) is -0.821. The molecule has 0 saturated heterocycles. The molecule has 0 atom stereocenters. The van der Waals surface area contributed by atoms with Gasteiger partial charge in [-0.2, -0.15) is 4.98 Å². The van der Waals surface area contributed by atoms with Crippen LogP contribution in [-0.2, 0) is 11.3 Å². The fourth-order valence-corrected chi connectivity index (χ4v) is 3.40. The van der Waals surface area contributed by atoms with E-state index in [0.29, 0.717) is 22.6 Å². The molecule has 0 fully saturated rings. The van der Waals surface area contributed by atoms with Crippen molar-refractivity contribution in [3.63, 3.8) is 0 Å². The number of hydrogen-bond acceptors (Lipinski definition) is 7. The van der Waals surface area contributed by atoms with Crippen LogP contribution < -0.4 is 4.90 Å². The van der Waals surface area contributed by atoms with Gasteiger partial charge in [-0.15, -0.1) is 0 Å². The molecule has 4 aromatic rings. The Morgan fingerprint density at radius 2 is 1.47 bits per heavy atom. The summed E-state index contributed by atoms with van der Waals surface area (Å²) in [5.41, 5.74) is 2.13. The minimum Gasteiger partial charge on any atom is -0.452 e. The van der Waals surface area contributed by atoms with Gasteiger partial charge in [0.25, 0.3) is 17.7 Å². The average molecular weight is 425 g/mol. The zero-order valence-electron chi connectivity index (χ0n) is 16.6. The molecular formula is C24H15N3O5. The Hall–Kier alpha value is -4.59. The Morgan fingerprint density at radius 3 is 2.12 bits per heavy atom. The maximum atomic E-state index is 12.6. The van der Waals surface area contributed by atoms with Crippen LogP contribution in [0.15, 0.2) is 83.4 Å². The number of nitrogens with zero attached hydrogens (tertiary/aromatic N) is 3. The highest BCUT2D eigenvalue weighted by atomic mass is 16.6. The molecule has 0 N–H and O–H groups in total. The molecule has 1 aromatic heterocycles. The van der Waals surface area contributed by atoms with Gasteiger partial charge in [-0.05, 0) is 36.4 Å². The van der Waals surface area contributed by atoms with Gasteiger partial charge in [0, 0.05) is 5.56 Å². The minimum atomic E-state index is -0.599. The highest BCUT2D eigenvalue weighted by Gasteiger charge is 2.36. The lowest BCUT2D eigenvalue weighted by Gasteiger charge is -2.14. The van der Waals surface area contributed by atoms with Gasteiger partial charge in [0.1, 0.15) is 0 Å². The SMILES string of the molecule is O=C(OCc1nc(-c2ccccc2)no1)c1ccc(N2C(=O)c3ccccc3C2=O)cc1. The van der Waals surface area contributed by atoms with E-state index < -0.39 is 17.8 Å². The Labute approximate surface area is 182 Å². The topological polar surface area (TPSA) is 103 Å². The van der Waals surface area contributed by atoms with Crippen molar-refractivity contribution in [2.45, 2.75) is 6.61 Å². The van der Waals surface area contributed by atoms with Crippen LogP contribution in [0.25, 0.3) is 11.4 Å².